The van der Waals surface area contributed by atoms with Gasteiger partial charge in [0.25, 0.3) is 0 Å². The molecule has 0 radical (unpaired) electrons. The number of H-pyrrole nitrogens is 1. The molecule has 1 aliphatic carbocycles. The number of aromatic amines is 1. The van der Waals surface area contributed by atoms with Crippen molar-refractivity contribution in [3.05, 3.63) is 41.7 Å². The van der Waals surface area contributed by atoms with E-state index in [4.69, 9.17) is 5.73 Å². The fourth-order valence-electron chi connectivity index (χ4n) is 3.96. The largest absolute Gasteiger partial charge is 0.369 e. The van der Waals surface area contributed by atoms with Gasteiger partial charge >= 0.3 is 0 Å². The van der Waals surface area contributed by atoms with Crippen LogP contribution in [-0.2, 0) is 9.59 Å². The SMILES string of the molecule is Cc1ccc(-c2cn[nH]c2C2CCCN(C(=O)C3(C(N)=O)CC3)C2)cc1. The molecule has 0 bridgehead atoms. The fourth-order valence-corrected chi connectivity index (χ4v) is 3.96. The zero-order valence-electron chi connectivity index (χ0n) is 15.0. The average molecular weight is 352 g/mol. The topological polar surface area (TPSA) is 92.1 Å². The van der Waals surface area contributed by atoms with Crippen molar-refractivity contribution >= 4 is 11.8 Å². The average Bonchev–Trinajstić information content (AvgIpc) is 3.33. The van der Waals surface area contributed by atoms with Gasteiger partial charge in [-0.1, -0.05) is 29.8 Å². The summed E-state index contributed by atoms with van der Waals surface area (Å²) >= 11 is 0. The highest BCUT2D eigenvalue weighted by molar-refractivity contribution is 6.07. The Morgan fingerprint density at radius 1 is 1.27 bits per heavy atom. The van der Waals surface area contributed by atoms with Crippen LogP contribution in [0.2, 0.25) is 0 Å². The molecule has 2 fully saturated rings. The summed E-state index contributed by atoms with van der Waals surface area (Å²) < 4.78 is 0. The third-order valence-electron chi connectivity index (χ3n) is 5.78. The molecule has 26 heavy (non-hydrogen) atoms. The van der Waals surface area contributed by atoms with E-state index in [9.17, 15) is 9.59 Å². The molecule has 1 aromatic carbocycles. The van der Waals surface area contributed by atoms with Crippen LogP contribution in [0.5, 0.6) is 0 Å². The quantitative estimate of drug-likeness (QED) is 0.827. The zero-order chi connectivity index (χ0) is 18.3. The lowest BCUT2D eigenvalue weighted by molar-refractivity contribution is -0.143. The normalized spacial score (nSPS) is 21.4. The Morgan fingerprint density at radius 2 is 2.00 bits per heavy atom. The number of hydrogen-bond acceptors (Lipinski definition) is 3. The molecule has 1 saturated heterocycles. The van der Waals surface area contributed by atoms with E-state index in [2.05, 4.69) is 41.4 Å². The second-order valence-electron chi connectivity index (χ2n) is 7.60. The third-order valence-corrected chi connectivity index (χ3v) is 5.78. The number of amides is 2. The molecule has 136 valence electrons. The number of benzene rings is 1. The van der Waals surface area contributed by atoms with Gasteiger partial charge in [-0.25, -0.2) is 0 Å². The molecule has 6 nitrogen and oxygen atoms in total. The number of nitrogens with two attached hydrogens (primary N) is 1. The first-order valence-electron chi connectivity index (χ1n) is 9.21. The highest BCUT2D eigenvalue weighted by Gasteiger charge is 2.57. The Bertz CT molecular complexity index is 836. The molecule has 1 saturated carbocycles. The minimum atomic E-state index is -0.935. The van der Waals surface area contributed by atoms with Gasteiger partial charge in [0.15, 0.2) is 0 Å². The number of aryl methyl sites for hydroxylation is 1. The second kappa shape index (κ2) is 6.27. The molecule has 2 heterocycles. The second-order valence-corrected chi connectivity index (χ2v) is 7.60. The van der Waals surface area contributed by atoms with Crippen LogP contribution in [-0.4, -0.2) is 40.0 Å². The molecule has 1 aliphatic heterocycles. The van der Waals surface area contributed by atoms with E-state index in [1.807, 2.05) is 11.1 Å². The lowest BCUT2D eigenvalue weighted by atomic mass is 9.89. The Kier molecular flexibility index (Phi) is 4.05. The first kappa shape index (κ1) is 16.8. The number of nitrogens with one attached hydrogen (secondary N) is 1. The van der Waals surface area contributed by atoms with Crippen LogP contribution < -0.4 is 5.73 Å². The van der Waals surface area contributed by atoms with E-state index in [1.54, 1.807) is 0 Å². The summed E-state index contributed by atoms with van der Waals surface area (Å²) in [6, 6.07) is 8.38. The third kappa shape index (κ3) is 2.79. The van der Waals surface area contributed by atoms with Crippen LogP contribution in [0.15, 0.2) is 30.5 Å². The van der Waals surface area contributed by atoms with Crippen LogP contribution in [0, 0.1) is 12.3 Å². The van der Waals surface area contributed by atoms with Crippen LogP contribution >= 0.6 is 0 Å². The van der Waals surface area contributed by atoms with E-state index in [-0.39, 0.29) is 11.8 Å². The minimum absolute atomic E-state index is 0.0916. The molecule has 0 spiro atoms. The van der Waals surface area contributed by atoms with Gasteiger partial charge in [0.2, 0.25) is 11.8 Å². The van der Waals surface area contributed by atoms with Gasteiger partial charge < -0.3 is 10.6 Å². The maximum absolute atomic E-state index is 12.8. The standard InChI is InChI=1S/C20H24N4O2/c1-13-4-6-14(7-5-13)16-11-22-23-17(16)15-3-2-10-24(12-15)19(26)20(8-9-20)18(21)25/h4-7,11,15H,2-3,8-10,12H2,1H3,(H2,21,25)(H,22,23). The van der Waals surface area contributed by atoms with Crippen molar-refractivity contribution in [2.45, 2.75) is 38.5 Å². The first-order valence-corrected chi connectivity index (χ1v) is 9.21. The number of piperidine rings is 1. The van der Waals surface area contributed by atoms with E-state index < -0.39 is 11.3 Å². The van der Waals surface area contributed by atoms with Gasteiger partial charge in [-0.3, -0.25) is 14.7 Å². The van der Waals surface area contributed by atoms with Crippen molar-refractivity contribution in [1.29, 1.82) is 0 Å². The van der Waals surface area contributed by atoms with E-state index in [0.29, 0.717) is 25.9 Å². The predicted octanol–water partition coefficient (Wildman–Crippen LogP) is 2.36. The van der Waals surface area contributed by atoms with Gasteiger partial charge in [0.1, 0.15) is 5.41 Å². The number of primary amides is 1. The molecular formula is C20H24N4O2. The summed E-state index contributed by atoms with van der Waals surface area (Å²) in [6.07, 6.45) is 4.93. The number of nitrogens with zero attached hydrogens (tertiary/aromatic N) is 2. The molecule has 1 atom stereocenters. The summed E-state index contributed by atoms with van der Waals surface area (Å²) in [5, 5.41) is 7.40. The number of rotatable bonds is 4. The Morgan fingerprint density at radius 3 is 2.65 bits per heavy atom. The Balaban J connectivity index is 1.56. The lowest BCUT2D eigenvalue weighted by Crippen LogP contribution is -2.47. The summed E-state index contributed by atoms with van der Waals surface area (Å²) in [7, 11) is 0. The summed E-state index contributed by atoms with van der Waals surface area (Å²) in [4.78, 5) is 26.4. The highest BCUT2D eigenvalue weighted by Crippen LogP contribution is 2.47. The number of likely N-dealkylation sites (tertiary alicyclic amines) is 1. The molecule has 2 aliphatic rings. The zero-order valence-corrected chi connectivity index (χ0v) is 15.0. The van der Waals surface area contributed by atoms with Crippen molar-refractivity contribution in [1.82, 2.24) is 15.1 Å². The summed E-state index contributed by atoms with van der Waals surface area (Å²) in [5.74, 6) is -0.382. The van der Waals surface area contributed by atoms with Crippen LogP contribution in [0.1, 0.15) is 42.9 Å². The van der Waals surface area contributed by atoms with Crippen molar-refractivity contribution in [3.8, 4) is 11.1 Å². The monoisotopic (exact) mass is 352 g/mol. The summed E-state index contributed by atoms with van der Waals surface area (Å²) in [5.41, 5.74) is 9.03. The van der Waals surface area contributed by atoms with Crippen molar-refractivity contribution in [3.63, 3.8) is 0 Å². The van der Waals surface area contributed by atoms with Crippen molar-refractivity contribution < 1.29 is 9.59 Å². The summed E-state index contributed by atoms with van der Waals surface area (Å²) in [6.45, 7) is 3.37. The van der Waals surface area contributed by atoms with Gasteiger partial charge in [0, 0.05) is 30.3 Å². The van der Waals surface area contributed by atoms with Crippen LogP contribution in [0.25, 0.3) is 11.1 Å². The highest BCUT2D eigenvalue weighted by atomic mass is 16.2. The first-order chi connectivity index (χ1) is 12.5. The van der Waals surface area contributed by atoms with Crippen LogP contribution in [0.4, 0.5) is 0 Å². The molecule has 6 heteroatoms. The van der Waals surface area contributed by atoms with E-state index in [1.165, 1.54) is 5.56 Å². The van der Waals surface area contributed by atoms with Gasteiger partial charge in [0.05, 0.1) is 6.20 Å². The van der Waals surface area contributed by atoms with Crippen LogP contribution in [0.3, 0.4) is 0 Å². The minimum Gasteiger partial charge on any atom is -0.369 e. The number of carbonyl (C=O) groups excluding carboxylic acids is 2. The molecule has 1 aromatic heterocycles. The van der Waals surface area contributed by atoms with Crippen molar-refractivity contribution in [2.24, 2.45) is 11.1 Å². The van der Waals surface area contributed by atoms with Gasteiger partial charge in [-0.05, 0) is 38.2 Å². The smallest absolute Gasteiger partial charge is 0.238 e. The Hall–Kier alpha value is -2.63. The molecule has 1 unspecified atom stereocenters. The molecule has 2 amide bonds. The lowest BCUT2D eigenvalue weighted by Gasteiger charge is -2.34. The maximum Gasteiger partial charge on any atom is 0.238 e. The van der Waals surface area contributed by atoms with E-state index >= 15 is 0 Å². The predicted molar refractivity (Wildman–Crippen MR) is 98.2 cm³/mol. The molecular weight excluding hydrogens is 328 g/mol. The Labute approximate surface area is 152 Å². The number of carbonyl (C=O) groups is 2. The molecule has 3 N–H and O–H groups in total. The molecule has 4 rings (SSSR count). The maximum atomic E-state index is 12.8. The van der Waals surface area contributed by atoms with Gasteiger partial charge in [-0.2, -0.15) is 5.10 Å². The fraction of sp³-hybridized carbons (Fsp3) is 0.450. The van der Waals surface area contributed by atoms with E-state index in [0.717, 1.165) is 29.7 Å². The number of aromatic nitrogens is 2. The number of hydrogen-bond donors (Lipinski definition) is 2. The molecule has 2 aromatic rings. The van der Waals surface area contributed by atoms with Crippen molar-refractivity contribution in [2.75, 3.05) is 13.1 Å². The van der Waals surface area contributed by atoms with Gasteiger partial charge in [-0.15, -0.1) is 0 Å².